The smallest absolute Gasteiger partial charge is 0.134 e. The molecule has 0 aromatic heterocycles. The predicted octanol–water partition coefficient (Wildman–Crippen LogP) is -0.536. The lowest BCUT2D eigenvalue weighted by molar-refractivity contribution is -0.935. The third-order valence-electron chi connectivity index (χ3n) is 3.46. The van der Waals surface area contributed by atoms with Crippen molar-refractivity contribution in [2.45, 2.75) is 51.1 Å². The van der Waals surface area contributed by atoms with Crippen LogP contribution in [0.5, 0.6) is 0 Å². The number of hydrogen-bond acceptors (Lipinski definition) is 0. The summed E-state index contributed by atoms with van der Waals surface area (Å²) in [6, 6.07) is 1.67. The monoisotopic (exact) mass is 172 g/mol. The molecule has 4 N–H and O–H groups in total. The highest BCUT2D eigenvalue weighted by Gasteiger charge is 2.25. The Labute approximate surface area is 76.1 Å². The maximum absolute atomic E-state index is 3.98. The molecule has 0 radical (unpaired) electrons. The second-order valence-corrected chi connectivity index (χ2v) is 4.27. The Morgan fingerprint density at radius 3 is 2.42 bits per heavy atom. The van der Waals surface area contributed by atoms with Gasteiger partial charge in [-0.15, -0.1) is 0 Å². The predicted molar refractivity (Wildman–Crippen MR) is 51.0 cm³/mol. The van der Waals surface area contributed by atoms with Gasteiger partial charge in [0, 0.05) is 0 Å². The molecule has 72 valence electrons. The van der Waals surface area contributed by atoms with Gasteiger partial charge in [-0.3, -0.25) is 0 Å². The molecular weight excluding hydrogens is 148 g/mol. The summed E-state index contributed by atoms with van der Waals surface area (Å²) in [4.78, 5) is 1.71. The lowest BCUT2D eigenvalue weighted by Gasteiger charge is -2.31. The van der Waals surface area contributed by atoms with Crippen molar-refractivity contribution in [1.29, 1.82) is 0 Å². The molecule has 2 nitrogen and oxygen atoms in total. The van der Waals surface area contributed by atoms with E-state index >= 15 is 0 Å². The lowest BCUT2D eigenvalue weighted by Crippen LogP contribution is -3.17. The zero-order chi connectivity index (χ0) is 8.97. The number of quaternary nitrogens is 2. The fourth-order valence-corrected chi connectivity index (χ4v) is 2.19. The molecule has 0 aromatic rings. The Balaban J connectivity index is 2.33. The Morgan fingerprint density at radius 1 is 1.33 bits per heavy atom. The highest BCUT2D eigenvalue weighted by molar-refractivity contribution is 4.64. The van der Waals surface area contributed by atoms with Crippen molar-refractivity contribution in [1.82, 2.24) is 0 Å². The van der Waals surface area contributed by atoms with Crippen molar-refractivity contribution in [3.05, 3.63) is 0 Å². The van der Waals surface area contributed by atoms with Crippen LogP contribution in [0.1, 0.15) is 39.0 Å². The van der Waals surface area contributed by atoms with Crippen molar-refractivity contribution in [2.24, 2.45) is 0 Å². The second kappa shape index (κ2) is 4.83. The molecule has 0 spiro atoms. The molecule has 1 unspecified atom stereocenters. The fourth-order valence-electron chi connectivity index (χ4n) is 2.19. The summed E-state index contributed by atoms with van der Waals surface area (Å²) in [5.41, 5.74) is 3.98. The molecule has 1 rings (SSSR count). The van der Waals surface area contributed by atoms with Crippen molar-refractivity contribution in [3.63, 3.8) is 0 Å². The molecular formula is C10H24N2+2. The first kappa shape index (κ1) is 10.0. The van der Waals surface area contributed by atoms with Crippen LogP contribution in [0, 0.1) is 0 Å². The lowest BCUT2D eigenvalue weighted by atomic mass is 9.94. The van der Waals surface area contributed by atoms with Crippen LogP contribution >= 0.6 is 0 Å². The zero-order valence-electron chi connectivity index (χ0n) is 8.60. The van der Waals surface area contributed by atoms with Gasteiger partial charge in [0.15, 0.2) is 0 Å². The Kier molecular flexibility index (Phi) is 4.02. The van der Waals surface area contributed by atoms with E-state index in [0.29, 0.717) is 0 Å². The van der Waals surface area contributed by atoms with Gasteiger partial charge >= 0.3 is 0 Å². The van der Waals surface area contributed by atoms with Crippen LogP contribution in [-0.2, 0) is 0 Å². The van der Waals surface area contributed by atoms with Gasteiger partial charge in [-0.1, -0.05) is 6.42 Å². The normalized spacial score (nSPS) is 25.2. The molecule has 0 aromatic carbocycles. The Hall–Kier alpha value is -0.0800. The third-order valence-corrected chi connectivity index (χ3v) is 3.46. The van der Waals surface area contributed by atoms with Gasteiger partial charge in [0.1, 0.15) is 12.6 Å². The van der Waals surface area contributed by atoms with Crippen LogP contribution in [0.3, 0.4) is 0 Å². The quantitative estimate of drug-likeness (QED) is 0.573. The van der Waals surface area contributed by atoms with E-state index in [-0.39, 0.29) is 0 Å². The minimum atomic E-state index is 0.744. The standard InChI is InChI=1S/C10H22N2/c1-9(8-11)12(2)10-6-4-3-5-7-10/h9-10H,3-8,11H2,1-2H3/p+2/t9-/m0/s1. The zero-order valence-corrected chi connectivity index (χ0v) is 8.60. The first-order valence-corrected chi connectivity index (χ1v) is 5.38. The minimum Gasteiger partial charge on any atom is -0.353 e. The third kappa shape index (κ3) is 2.46. The molecule has 0 saturated heterocycles. The molecule has 0 aliphatic heterocycles. The molecule has 0 heterocycles. The summed E-state index contributed by atoms with van der Waals surface area (Å²) in [5.74, 6) is 0. The van der Waals surface area contributed by atoms with E-state index in [1.54, 1.807) is 4.90 Å². The highest BCUT2D eigenvalue weighted by atomic mass is 15.2. The van der Waals surface area contributed by atoms with Gasteiger partial charge in [0.2, 0.25) is 0 Å². The number of likely N-dealkylation sites (N-methyl/N-ethyl adjacent to an activating group) is 1. The van der Waals surface area contributed by atoms with E-state index in [0.717, 1.165) is 18.6 Å². The minimum absolute atomic E-state index is 0.744. The van der Waals surface area contributed by atoms with E-state index in [2.05, 4.69) is 19.7 Å². The van der Waals surface area contributed by atoms with E-state index in [9.17, 15) is 0 Å². The molecule has 1 saturated carbocycles. The number of rotatable bonds is 3. The van der Waals surface area contributed by atoms with Gasteiger partial charge in [0.05, 0.1) is 13.1 Å². The summed E-state index contributed by atoms with van der Waals surface area (Å²) < 4.78 is 0. The average molecular weight is 172 g/mol. The maximum Gasteiger partial charge on any atom is 0.134 e. The molecule has 2 atom stereocenters. The van der Waals surface area contributed by atoms with Gasteiger partial charge in [-0.25, -0.2) is 0 Å². The van der Waals surface area contributed by atoms with Gasteiger partial charge in [-0.05, 0) is 32.6 Å². The maximum atomic E-state index is 3.98. The fraction of sp³-hybridized carbons (Fsp3) is 1.00. The van der Waals surface area contributed by atoms with Crippen LogP contribution < -0.4 is 10.6 Å². The number of nitrogens with one attached hydrogen (secondary N) is 1. The Bertz CT molecular complexity index is 119. The first-order valence-electron chi connectivity index (χ1n) is 5.38. The van der Waals surface area contributed by atoms with Gasteiger partial charge in [0.25, 0.3) is 0 Å². The van der Waals surface area contributed by atoms with Crippen molar-refractivity contribution in [2.75, 3.05) is 13.6 Å². The second-order valence-electron chi connectivity index (χ2n) is 4.27. The summed E-state index contributed by atoms with van der Waals surface area (Å²) in [5, 5.41) is 0. The van der Waals surface area contributed by atoms with E-state index in [4.69, 9.17) is 0 Å². The van der Waals surface area contributed by atoms with Crippen LogP contribution in [0.15, 0.2) is 0 Å². The summed E-state index contributed by atoms with van der Waals surface area (Å²) in [6.45, 7) is 3.39. The Morgan fingerprint density at radius 2 is 1.92 bits per heavy atom. The topological polar surface area (TPSA) is 32.1 Å². The van der Waals surface area contributed by atoms with E-state index in [1.807, 2.05) is 0 Å². The SMILES string of the molecule is C[C@@H](C[NH3+])[NH+](C)C1CCCCC1. The molecule has 2 heteroatoms. The molecule has 1 aliphatic carbocycles. The molecule has 0 bridgehead atoms. The number of hydrogen-bond donors (Lipinski definition) is 2. The van der Waals surface area contributed by atoms with E-state index < -0.39 is 0 Å². The average Bonchev–Trinajstić information content (AvgIpc) is 2.17. The molecule has 12 heavy (non-hydrogen) atoms. The molecule has 1 aliphatic rings. The highest BCUT2D eigenvalue weighted by Crippen LogP contribution is 2.15. The summed E-state index contributed by atoms with van der Waals surface area (Å²) >= 11 is 0. The van der Waals surface area contributed by atoms with E-state index in [1.165, 1.54) is 32.1 Å². The van der Waals surface area contributed by atoms with Gasteiger partial charge in [-0.2, -0.15) is 0 Å². The van der Waals surface area contributed by atoms with Crippen molar-refractivity contribution >= 4 is 0 Å². The first-order chi connectivity index (χ1) is 5.75. The molecule has 1 fully saturated rings. The van der Waals surface area contributed by atoms with Gasteiger partial charge < -0.3 is 10.6 Å². The largest absolute Gasteiger partial charge is 0.353 e. The molecule has 0 amide bonds. The van der Waals surface area contributed by atoms with Crippen molar-refractivity contribution in [3.8, 4) is 0 Å². The summed E-state index contributed by atoms with van der Waals surface area (Å²) in [7, 11) is 2.34. The summed E-state index contributed by atoms with van der Waals surface area (Å²) in [6.07, 6.45) is 7.24. The van der Waals surface area contributed by atoms with Crippen molar-refractivity contribution < 1.29 is 10.6 Å². The van der Waals surface area contributed by atoms with Crippen LogP contribution in [0.4, 0.5) is 0 Å². The van der Waals surface area contributed by atoms with Crippen LogP contribution in [0.2, 0.25) is 0 Å². The van der Waals surface area contributed by atoms with Crippen LogP contribution in [0.25, 0.3) is 0 Å². The van der Waals surface area contributed by atoms with Crippen LogP contribution in [-0.4, -0.2) is 25.7 Å².